The minimum Gasteiger partial charge on any atom is -0.357 e. The number of rotatable bonds is 10. The normalized spacial score (nSPS) is 22.8. The number of halogens is 1. The van der Waals surface area contributed by atoms with Crippen molar-refractivity contribution < 1.29 is 28.4 Å². The van der Waals surface area contributed by atoms with Crippen molar-refractivity contribution in [2.24, 2.45) is 11.8 Å². The van der Waals surface area contributed by atoms with Crippen molar-refractivity contribution in [2.45, 2.75) is 108 Å². The molecule has 11 rings (SSSR count). The van der Waals surface area contributed by atoms with Crippen LogP contribution in [0.3, 0.4) is 0 Å². The fourth-order valence-electron chi connectivity index (χ4n) is 12.3. The molecule has 6 aliphatic rings. The van der Waals surface area contributed by atoms with Gasteiger partial charge in [-0.3, -0.25) is 29.3 Å². The number of likely N-dealkylation sites (tertiary alicyclic amines) is 2. The van der Waals surface area contributed by atoms with E-state index in [1.165, 1.54) is 6.07 Å². The number of carbonyl (C=O) groups excluding carboxylic acids is 5. The summed E-state index contributed by atoms with van der Waals surface area (Å²) in [5.41, 5.74) is 5.27. The molecule has 2 aromatic carbocycles. The van der Waals surface area contributed by atoms with Crippen LogP contribution in [0.25, 0.3) is 22.3 Å². The molecule has 1 spiro atoms. The van der Waals surface area contributed by atoms with E-state index in [2.05, 4.69) is 70.4 Å². The second kappa shape index (κ2) is 19.0. The molecular weight excluding hydrogens is 914 g/mol. The molecule has 0 bridgehead atoms. The topological polar surface area (TPSA) is 169 Å². The number of piperidine rings is 4. The van der Waals surface area contributed by atoms with Crippen LogP contribution in [-0.4, -0.2) is 129 Å². The van der Waals surface area contributed by atoms with Crippen molar-refractivity contribution in [3.05, 3.63) is 90.1 Å². The Bertz CT molecular complexity index is 2930. The zero-order valence-corrected chi connectivity index (χ0v) is 41.7. The third kappa shape index (κ3) is 8.56. The summed E-state index contributed by atoms with van der Waals surface area (Å²) in [6.07, 6.45) is 9.81. The van der Waals surface area contributed by atoms with Crippen LogP contribution in [-0.2, 0) is 29.4 Å². The number of aromatic nitrogens is 4. The number of nitrogens with one attached hydrogen (secondary N) is 2. The first-order valence-electron chi connectivity index (χ1n) is 25.9. The second-order valence-corrected chi connectivity index (χ2v) is 21.4. The molecule has 5 aromatic rings. The first kappa shape index (κ1) is 47.6. The molecule has 16 nitrogen and oxygen atoms in total. The van der Waals surface area contributed by atoms with Gasteiger partial charge in [-0.05, 0) is 127 Å². The number of hydrogen-bond donors (Lipinski definition) is 2. The number of imide groups is 1. The van der Waals surface area contributed by atoms with Crippen LogP contribution in [0.1, 0.15) is 101 Å². The number of carbonyl (C=O) groups is 5. The molecule has 376 valence electrons. The van der Waals surface area contributed by atoms with Gasteiger partial charge in [-0.15, -0.1) is 0 Å². The van der Waals surface area contributed by atoms with Crippen LogP contribution >= 0.6 is 0 Å². The molecule has 8 heterocycles. The Kier molecular flexibility index (Phi) is 12.6. The van der Waals surface area contributed by atoms with Gasteiger partial charge in [-0.2, -0.15) is 0 Å². The maximum absolute atomic E-state index is 15.1. The molecule has 72 heavy (non-hydrogen) atoms. The number of amides is 5. The quantitative estimate of drug-likeness (QED) is 0.139. The smallest absolute Gasteiger partial charge is 0.238 e. The summed E-state index contributed by atoms with van der Waals surface area (Å²) >= 11 is 0. The highest BCUT2D eigenvalue weighted by molar-refractivity contribution is 6.09. The average molecular weight is 978 g/mol. The van der Waals surface area contributed by atoms with E-state index in [4.69, 9.17) is 9.97 Å². The molecule has 4 saturated heterocycles. The van der Waals surface area contributed by atoms with E-state index < -0.39 is 5.41 Å². The Labute approximate surface area is 419 Å². The molecule has 1 aliphatic carbocycles. The largest absolute Gasteiger partial charge is 0.357 e. The van der Waals surface area contributed by atoms with Crippen molar-refractivity contribution in [1.82, 2.24) is 39.5 Å². The second-order valence-electron chi connectivity index (χ2n) is 21.4. The van der Waals surface area contributed by atoms with Crippen molar-refractivity contribution in [2.75, 3.05) is 68.5 Å². The number of hydrogen-bond acceptors (Lipinski definition) is 11. The molecule has 5 aliphatic heterocycles. The summed E-state index contributed by atoms with van der Waals surface area (Å²) < 4.78 is 17.1. The predicted molar refractivity (Wildman–Crippen MR) is 272 cm³/mol. The van der Waals surface area contributed by atoms with Gasteiger partial charge in [0.05, 0.1) is 34.6 Å². The molecular formula is C55H64FN11O5. The molecule has 1 atom stereocenters. The summed E-state index contributed by atoms with van der Waals surface area (Å²) in [6.45, 7) is 7.62. The molecule has 2 N–H and O–H groups in total. The van der Waals surface area contributed by atoms with Gasteiger partial charge in [0.15, 0.2) is 5.82 Å². The molecule has 3 aromatic heterocycles. The Morgan fingerprint density at radius 3 is 2.18 bits per heavy atom. The van der Waals surface area contributed by atoms with Crippen LogP contribution in [0, 0.1) is 17.7 Å². The number of pyridine rings is 2. The zero-order valence-electron chi connectivity index (χ0n) is 41.7. The third-order valence-electron chi connectivity index (χ3n) is 16.8. The van der Waals surface area contributed by atoms with Crippen LogP contribution in [0.4, 0.5) is 27.4 Å². The van der Waals surface area contributed by atoms with Crippen LogP contribution < -0.4 is 20.4 Å². The van der Waals surface area contributed by atoms with E-state index >= 15 is 9.18 Å². The molecule has 1 saturated carbocycles. The molecule has 17 heteroatoms. The number of anilines is 4. The van der Waals surface area contributed by atoms with E-state index in [1.54, 1.807) is 30.7 Å². The summed E-state index contributed by atoms with van der Waals surface area (Å²) in [7, 11) is 4.17. The zero-order chi connectivity index (χ0) is 50.0. The monoisotopic (exact) mass is 978 g/mol. The first-order valence-corrected chi connectivity index (χ1v) is 25.9. The lowest BCUT2D eigenvalue weighted by molar-refractivity contribution is -0.144. The van der Waals surface area contributed by atoms with Crippen molar-refractivity contribution in [1.29, 1.82) is 0 Å². The lowest BCUT2D eigenvalue weighted by Crippen LogP contribution is -2.57. The van der Waals surface area contributed by atoms with Gasteiger partial charge in [0.1, 0.15) is 17.2 Å². The minimum atomic E-state index is -0.751. The number of fused-ring (bicyclic) bond motifs is 3. The van der Waals surface area contributed by atoms with Gasteiger partial charge >= 0.3 is 0 Å². The molecule has 1 unspecified atom stereocenters. The van der Waals surface area contributed by atoms with Crippen molar-refractivity contribution in [3.8, 4) is 11.3 Å². The standard InChI is InChI=1S/C55H64FN11O5/c1-33(2)66-32-58-45-30-44(60-50(49(45)66)59-43-8-6-5-7-42(43)56)36-9-12-41-46(27-36)67(39-28-38(29-39)62(3)4)54(72)55(41)19-25-65(26-20-55)53(71)35-17-23-64(24-18-35)52(70)34-15-21-63(22-16-34)47-13-10-37(31-57-47)40-11-14-48(68)61-51(40)69/h5-10,12-13,27,30-35,38-40H,11,14-26,28-29H2,1-4H3,(H,59,60)(H,61,68,69). The maximum Gasteiger partial charge on any atom is 0.238 e. The molecule has 0 radical (unpaired) electrons. The number of benzene rings is 2. The lowest BCUT2D eigenvalue weighted by atomic mass is 9.73. The third-order valence-corrected chi connectivity index (χ3v) is 16.8. The van der Waals surface area contributed by atoms with E-state index in [-0.39, 0.29) is 65.2 Å². The van der Waals surface area contributed by atoms with Gasteiger partial charge in [0.2, 0.25) is 29.5 Å². The predicted octanol–water partition coefficient (Wildman–Crippen LogP) is 6.93. The van der Waals surface area contributed by atoms with E-state index in [0.717, 1.165) is 52.1 Å². The Morgan fingerprint density at radius 2 is 1.53 bits per heavy atom. The van der Waals surface area contributed by atoms with E-state index in [1.807, 2.05) is 38.6 Å². The van der Waals surface area contributed by atoms with E-state index in [9.17, 15) is 19.2 Å². The van der Waals surface area contributed by atoms with Gasteiger partial charge in [0, 0.05) is 93.1 Å². The van der Waals surface area contributed by atoms with Gasteiger partial charge < -0.3 is 34.4 Å². The first-order chi connectivity index (χ1) is 34.8. The highest BCUT2D eigenvalue weighted by atomic mass is 19.1. The van der Waals surface area contributed by atoms with Crippen molar-refractivity contribution in [3.63, 3.8) is 0 Å². The maximum atomic E-state index is 15.1. The van der Waals surface area contributed by atoms with Crippen molar-refractivity contribution >= 4 is 63.6 Å². The average Bonchev–Trinajstić information content (AvgIpc) is 3.91. The number of para-hydroxylation sites is 1. The number of nitrogens with zero attached hydrogens (tertiary/aromatic N) is 9. The lowest BCUT2D eigenvalue weighted by Gasteiger charge is -2.45. The fourth-order valence-corrected chi connectivity index (χ4v) is 12.3. The Morgan fingerprint density at radius 1 is 0.833 bits per heavy atom. The number of imidazole rings is 1. The summed E-state index contributed by atoms with van der Waals surface area (Å²) in [4.78, 5) is 92.0. The fraction of sp³-hybridized carbons (Fsp3) is 0.491. The Hall–Kier alpha value is -6.75. The van der Waals surface area contributed by atoms with Gasteiger partial charge in [-0.1, -0.05) is 30.3 Å². The molecule has 5 amide bonds. The summed E-state index contributed by atoms with van der Waals surface area (Å²) in [5.74, 6) is 0.175. The SMILES string of the molecule is CC(C)n1cnc2cc(-c3ccc4c(c3)N(C3CC(N(C)C)C3)C(=O)C43CCN(C(=O)C4CCN(C(=O)C5CCN(c6ccc(C7CCC(=O)NC7=O)cn6)CC5)CC4)CC3)nc(Nc3ccccc3F)c21. The van der Waals surface area contributed by atoms with Crippen LogP contribution in [0.2, 0.25) is 0 Å². The van der Waals surface area contributed by atoms with Gasteiger partial charge in [0.25, 0.3) is 0 Å². The Balaban J connectivity index is 0.745. The summed E-state index contributed by atoms with van der Waals surface area (Å²) in [6, 6.07) is 19.1. The molecule has 5 fully saturated rings. The van der Waals surface area contributed by atoms with Crippen LogP contribution in [0.15, 0.2) is 73.2 Å². The van der Waals surface area contributed by atoms with Gasteiger partial charge in [-0.25, -0.2) is 19.3 Å². The summed E-state index contributed by atoms with van der Waals surface area (Å²) in [5, 5.41) is 5.68. The van der Waals surface area contributed by atoms with E-state index in [0.29, 0.717) is 114 Å². The highest BCUT2D eigenvalue weighted by Crippen LogP contribution is 2.52. The highest BCUT2D eigenvalue weighted by Gasteiger charge is 2.56. The minimum absolute atomic E-state index is 0.0525. The van der Waals surface area contributed by atoms with Crippen LogP contribution in [0.5, 0.6) is 0 Å².